The smallest absolute Gasteiger partial charge is 0.273 e. The molecule has 1 aliphatic carbocycles. The Kier molecular flexibility index (Phi) is 2.06. The van der Waals surface area contributed by atoms with Crippen LogP contribution in [-0.4, -0.2) is 30.1 Å². The Balaban J connectivity index is 2.36. The largest absolute Gasteiger partial charge is 0.416 e. The van der Waals surface area contributed by atoms with E-state index in [2.05, 4.69) is 9.98 Å². The second-order valence-corrected chi connectivity index (χ2v) is 3.05. The van der Waals surface area contributed by atoms with E-state index >= 15 is 0 Å². The lowest BCUT2D eigenvalue weighted by molar-refractivity contribution is -0.111. The van der Waals surface area contributed by atoms with Gasteiger partial charge in [0.15, 0.2) is 0 Å². The zero-order chi connectivity index (χ0) is 11.1. The van der Waals surface area contributed by atoms with Crippen molar-refractivity contribution in [3.8, 4) is 0 Å². The third-order valence-corrected chi connectivity index (χ3v) is 1.98. The maximum atomic E-state index is 12.3. The van der Waals surface area contributed by atoms with Crippen molar-refractivity contribution in [2.75, 3.05) is 0 Å². The summed E-state index contributed by atoms with van der Waals surface area (Å²) in [6.45, 7) is 0. The molecule has 3 nitrogen and oxygen atoms in total. The number of alkyl halides is 3. The Morgan fingerprint density at radius 2 is 2.07 bits per heavy atom. The Labute approximate surface area is 82.7 Å². The van der Waals surface area contributed by atoms with Gasteiger partial charge in [-0.3, -0.25) is 9.79 Å². The second kappa shape index (κ2) is 3.15. The third-order valence-electron chi connectivity index (χ3n) is 1.98. The standard InChI is InChI=1S/C9H5F3N2O/c10-9(11,12)5-1-2-6-7(3-5)14-8(15)4-13-6/h1-4,6H. The van der Waals surface area contributed by atoms with E-state index in [1.54, 1.807) is 0 Å². The topological polar surface area (TPSA) is 41.8 Å². The predicted molar refractivity (Wildman–Crippen MR) is 48.0 cm³/mol. The third kappa shape index (κ3) is 1.88. The molecular weight excluding hydrogens is 209 g/mol. The van der Waals surface area contributed by atoms with Gasteiger partial charge < -0.3 is 0 Å². The normalized spacial score (nSPS) is 24.7. The fourth-order valence-corrected chi connectivity index (χ4v) is 1.29. The molecule has 1 unspecified atom stereocenters. The highest BCUT2D eigenvalue weighted by Crippen LogP contribution is 2.29. The van der Waals surface area contributed by atoms with Crippen LogP contribution in [0.25, 0.3) is 0 Å². The van der Waals surface area contributed by atoms with Crippen molar-refractivity contribution in [1.82, 2.24) is 0 Å². The van der Waals surface area contributed by atoms with E-state index in [1.807, 2.05) is 0 Å². The Hall–Kier alpha value is -1.72. The van der Waals surface area contributed by atoms with E-state index in [1.165, 1.54) is 6.08 Å². The van der Waals surface area contributed by atoms with E-state index in [-0.39, 0.29) is 5.71 Å². The highest BCUT2D eigenvalue weighted by molar-refractivity contribution is 6.32. The van der Waals surface area contributed by atoms with E-state index in [0.29, 0.717) is 0 Å². The molecule has 0 aromatic carbocycles. The van der Waals surface area contributed by atoms with Crippen molar-refractivity contribution in [3.05, 3.63) is 23.8 Å². The summed E-state index contributed by atoms with van der Waals surface area (Å²) in [4.78, 5) is 18.0. The number of hydrogen-bond acceptors (Lipinski definition) is 2. The highest BCUT2D eigenvalue weighted by Gasteiger charge is 2.35. The highest BCUT2D eigenvalue weighted by atomic mass is 19.4. The molecule has 0 saturated carbocycles. The maximum absolute atomic E-state index is 12.3. The lowest BCUT2D eigenvalue weighted by Gasteiger charge is -2.18. The Morgan fingerprint density at radius 3 is 2.73 bits per heavy atom. The second-order valence-electron chi connectivity index (χ2n) is 3.05. The molecule has 15 heavy (non-hydrogen) atoms. The molecule has 0 bridgehead atoms. The van der Waals surface area contributed by atoms with Gasteiger partial charge in [-0.1, -0.05) is 12.2 Å². The summed E-state index contributed by atoms with van der Waals surface area (Å²) in [5.41, 5.74) is -0.778. The van der Waals surface area contributed by atoms with Crippen molar-refractivity contribution in [2.24, 2.45) is 9.98 Å². The molecule has 1 heterocycles. The van der Waals surface area contributed by atoms with Crippen molar-refractivity contribution in [2.45, 2.75) is 12.2 Å². The number of fused-ring (bicyclic) bond motifs is 1. The SMILES string of the molecule is O=C1C=NC2C=CC(C(F)(F)F)=CC2=N1. The molecule has 0 aromatic rings. The fraction of sp³-hybridized carbons (Fsp3) is 0.222. The maximum Gasteiger partial charge on any atom is 0.416 e. The van der Waals surface area contributed by atoms with Crippen LogP contribution < -0.4 is 0 Å². The first-order chi connectivity index (χ1) is 6.97. The molecule has 0 N–H and O–H groups in total. The lowest BCUT2D eigenvalue weighted by Crippen LogP contribution is -2.26. The van der Waals surface area contributed by atoms with Gasteiger partial charge in [-0.05, 0) is 6.08 Å². The first-order valence-corrected chi connectivity index (χ1v) is 4.09. The average Bonchev–Trinajstić information content (AvgIpc) is 2.15. The van der Waals surface area contributed by atoms with Crippen LogP contribution in [0.4, 0.5) is 13.2 Å². The molecule has 2 rings (SSSR count). The lowest BCUT2D eigenvalue weighted by atomic mass is 10.0. The molecule has 0 saturated heterocycles. The molecule has 0 fully saturated rings. The van der Waals surface area contributed by atoms with Gasteiger partial charge in [0.1, 0.15) is 6.04 Å². The number of carbonyl (C=O) groups excluding carboxylic acids is 1. The predicted octanol–water partition coefficient (Wildman–Crippen LogP) is 1.47. The molecule has 0 aromatic heterocycles. The van der Waals surface area contributed by atoms with Crippen LogP contribution >= 0.6 is 0 Å². The van der Waals surface area contributed by atoms with Crippen LogP contribution in [0.3, 0.4) is 0 Å². The average molecular weight is 214 g/mol. The van der Waals surface area contributed by atoms with E-state index in [9.17, 15) is 18.0 Å². The summed E-state index contributed by atoms with van der Waals surface area (Å²) in [7, 11) is 0. The van der Waals surface area contributed by atoms with Crippen molar-refractivity contribution < 1.29 is 18.0 Å². The van der Waals surface area contributed by atoms with Crippen LogP contribution in [0.5, 0.6) is 0 Å². The van der Waals surface area contributed by atoms with Gasteiger partial charge in [0.2, 0.25) is 0 Å². The van der Waals surface area contributed by atoms with Crippen LogP contribution in [0.2, 0.25) is 0 Å². The minimum absolute atomic E-state index is 0.0392. The number of hydrogen-bond donors (Lipinski definition) is 0. The molecule has 78 valence electrons. The fourth-order valence-electron chi connectivity index (χ4n) is 1.29. The quantitative estimate of drug-likeness (QED) is 0.602. The molecule has 1 aliphatic heterocycles. The van der Waals surface area contributed by atoms with Crippen LogP contribution in [-0.2, 0) is 4.79 Å². The van der Waals surface area contributed by atoms with Gasteiger partial charge in [-0.15, -0.1) is 0 Å². The van der Waals surface area contributed by atoms with E-state index in [4.69, 9.17) is 0 Å². The number of halogens is 3. The molecule has 1 amide bonds. The summed E-state index contributed by atoms with van der Waals surface area (Å²) in [6, 6.07) is -0.561. The van der Waals surface area contributed by atoms with Crippen molar-refractivity contribution >= 4 is 17.8 Å². The first kappa shape index (κ1) is 9.82. The number of allylic oxidation sites excluding steroid dienone is 2. The molecule has 0 spiro atoms. The minimum atomic E-state index is -4.42. The molecule has 0 radical (unpaired) electrons. The van der Waals surface area contributed by atoms with Gasteiger partial charge in [0.05, 0.1) is 17.5 Å². The summed E-state index contributed by atoms with van der Waals surface area (Å²) in [5.74, 6) is -0.630. The van der Waals surface area contributed by atoms with Crippen LogP contribution in [0, 0.1) is 0 Å². The number of carbonyl (C=O) groups is 1. The monoisotopic (exact) mass is 214 g/mol. The van der Waals surface area contributed by atoms with Gasteiger partial charge in [0.25, 0.3) is 5.91 Å². The Morgan fingerprint density at radius 1 is 1.33 bits per heavy atom. The van der Waals surface area contributed by atoms with Gasteiger partial charge in [-0.25, -0.2) is 4.99 Å². The van der Waals surface area contributed by atoms with E-state index in [0.717, 1.165) is 18.4 Å². The zero-order valence-electron chi connectivity index (χ0n) is 7.32. The minimum Gasteiger partial charge on any atom is -0.273 e. The molecule has 6 heteroatoms. The van der Waals surface area contributed by atoms with Gasteiger partial charge in [0, 0.05) is 0 Å². The van der Waals surface area contributed by atoms with Crippen molar-refractivity contribution in [1.29, 1.82) is 0 Å². The number of nitrogens with zero attached hydrogens (tertiary/aromatic N) is 2. The summed E-state index contributed by atoms with van der Waals surface area (Å²) in [6.07, 6.45) is -0.361. The van der Waals surface area contributed by atoms with Gasteiger partial charge in [-0.2, -0.15) is 13.2 Å². The van der Waals surface area contributed by atoms with Gasteiger partial charge >= 0.3 is 6.18 Å². The van der Waals surface area contributed by atoms with Crippen LogP contribution in [0.1, 0.15) is 0 Å². The summed E-state index contributed by atoms with van der Waals surface area (Å²) in [5, 5.41) is 0. The summed E-state index contributed by atoms with van der Waals surface area (Å²) < 4.78 is 36.9. The zero-order valence-corrected chi connectivity index (χ0v) is 7.32. The number of amides is 1. The summed E-state index contributed by atoms with van der Waals surface area (Å²) >= 11 is 0. The molecule has 2 aliphatic rings. The van der Waals surface area contributed by atoms with E-state index < -0.39 is 23.7 Å². The molecule has 1 atom stereocenters. The number of rotatable bonds is 0. The first-order valence-electron chi connectivity index (χ1n) is 4.09. The van der Waals surface area contributed by atoms with Crippen molar-refractivity contribution in [3.63, 3.8) is 0 Å². The number of aliphatic imine (C=N–C) groups is 2. The Bertz CT molecular complexity index is 429. The van der Waals surface area contributed by atoms with Crippen LogP contribution in [0.15, 0.2) is 33.8 Å². The molecular formula is C9H5F3N2O.